The molecule has 2 atom stereocenters. The van der Waals surface area contributed by atoms with E-state index in [1.165, 1.54) is 49.5 Å². The van der Waals surface area contributed by atoms with Gasteiger partial charge in [-0.25, -0.2) is 0 Å². The topological polar surface area (TPSA) is 3.24 Å². The average Bonchev–Trinajstić information content (AvgIpc) is 2.84. The lowest BCUT2D eigenvalue weighted by Crippen LogP contribution is -2.37. The van der Waals surface area contributed by atoms with E-state index in [4.69, 9.17) is 0 Å². The van der Waals surface area contributed by atoms with Crippen LogP contribution < -0.4 is 4.90 Å². The molecule has 0 aliphatic carbocycles. The van der Waals surface area contributed by atoms with E-state index >= 15 is 0 Å². The Balaban J connectivity index is 1.47. The van der Waals surface area contributed by atoms with Crippen molar-refractivity contribution in [1.82, 2.24) is 0 Å². The Morgan fingerprint density at radius 1 is 0.697 bits per heavy atom. The van der Waals surface area contributed by atoms with Gasteiger partial charge in [0.15, 0.2) is 0 Å². The van der Waals surface area contributed by atoms with Gasteiger partial charge in [0.1, 0.15) is 0 Å². The van der Waals surface area contributed by atoms with Gasteiger partial charge in [0.05, 0.1) is 0 Å². The molecule has 6 rings (SSSR count). The highest BCUT2D eigenvalue weighted by Gasteiger charge is 2.33. The number of benzene rings is 5. The molecule has 33 heavy (non-hydrogen) atoms. The summed E-state index contributed by atoms with van der Waals surface area (Å²) in [7, 11) is 2.25. The summed E-state index contributed by atoms with van der Waals surface area (Å²) >= 11 is 0. The van der Waals surface area contributed by atoms with Crippen molar-refractivity contribution in [3.05, 3.63) is 125 Å². The van der Waals surface area contributed by atoms with Crippen LogP contribution in [0.1, 0.15) is 28.2 Å². The number of nitrogens with zero attached hydrogens (tertiary/aromatic N) is 1. The normalized spacial score (nSPS) is 17.9. The molecule has 0 amide bonds. The summed E-state index contributed by atoms with van der Waals surface area (Å²) < 4.78 is 0. The molecule has 0 saturated carbocycles. The zero-order valence-electron chi connectivity index (χ0n) is 19.3. The molecule has 1 aliphatic heterocycles. The lowest BCUT2D eigenvalue weighted by Gasteiger charge is -2.40. The van der Waals surface area contributed by atoms with E-state index in [1.807, 2.05) is 0 Å². The van der Waals surface area contributed by atoms with Gasteiger partial charge in [-0.15, -0.1) is 0 Å². The zero-order valence-corrected chi connectivity index (χ0v) is 19.3. The van der Waals surface area contributed by atoms with E-state index in [1.54, 1.807) is 0 Å². The van der Waals surface area contributed by atoms with Crippen molar-refractivity contribution in [3.8, 4) is 0 Å². The second-order valence-electron chi connectivity index (χ2n) is 9.67. The molecule has 0 N–H and O–H groups in total. The fourth-order valence-electron chi connectivity index (χ4n) is 5.78. The lowest BCUT2D eigenvalue weighted by atomic mass is 9.74. The molecule has 2 unspecified atom stereocenters. The van der Waals surface area contributed by atoms with E-state index < -0.39 is 0 Å². The molecule has 0 saturated heterocycles. The SMILES string of the molecule is Cc1ccc2c(c1)C(c1ccc3ccccc3c1)C(Cc1ccc3ccccc3c1)CN2C. The maximum atomic E-state index is 2.46. The number of hydrogen-bond acceptors (Lipinski definition) is 1. The Hall–Kier alpha value is -3.58. The van der Waals surface area contributed by atoms with Gasteiger partial charge in [-0.3, -0.25) is 0 Å². The maximum absolute atomic E-state index is 2.46. The first-order valence-corrected chi connectivity index (χ1v) is 11.9. The van der Waals surface area contributed by atoms with Crippen molar-refractivity contribution in [2.24, 2.45) is 5.92 Å². The fourth-order valence-corrected chi connectivity index (χ4v) is 5.78. The third-order valence-electron chi connectivity index (χ3n) is 7.35. The number of hydrogen-bond donors (Lipinski definition) is 0. The van der Waals surface area contributed by atoms with Crippen molar-refractivity contribution >= 4 is 27.2 Å². The molecule has 0 aromatic heterocycles. The number of rotatable bonds is 3. The molecule has 5 aromatic rings. The number of anilines is 1. The molecule has 1 aliphatic rings. The minimum Gasteiger partial charge on any atom is -0.374 e. The van der Waals surface area contributed by atoms with Crippen molar-refractivity contribution in [2.45, 2.75) is 19.3 Å². The summed E-state index contributed by atoms with van der Waals surface area (Å²) in [6.07, 6.45) is 1.07. The Kier molecular flexibility index (Phi) is 4.91. The second-order valence-corrected chi connectivity index (χ2v) is 9.67. The van der Waals surface area contributed by atoms with Crippen LogP contribution in [0.15, 0.2) is 103 Å². The Morgan fingerprint density at radius 2 is 1.36 bits per heavy atom. The Labute approximate surface area is 196 Å². The van der Waals surface area contributed by atoms with Crippen molar-refractivity contribution in [1.29, 1.82) is 0 Å². The summed E-state index contributed by atoms with van der Waals surface area (Å²) in [6.45, 7) is 3.27. The average molecular weight is 428 g/mol. The predicted molar refractivity (Wildman–Crippen MR) is 141 cm³/mol. The van der Waals surface area contributed by atoms with Crippen LogP contribution in [0, 0.1) is 12.8 Å². The smallest absolute Gasteiger partial charge is 0.0402 e. The van der Waals surface area contributed by atoms with Gasteiger partial charge in [-0.1, -0.05) is 103 Å². The van der Waals surface area contributed by atoms with Crippen LogP contribution in [0.5, 0.6) is 0 Å². The summed E-state index contributed by atoms with van der Waals surface area (Å²) in [6, 6.07) is 38.4. The van der Waals surface area contributed by atoms with Crippen LogP contribution in [-0.2, 0) is 6.42 Å². The molecule has 162 valence electrons. The molecular formula is C32H29N. The summed E-state index contributed by atoms with van der Waals surface area (Å²) in [4.78, 5) is 2.46. The molecular weight excluding hydrogens is 398 g/mol. The third-order valence-corrected chi connectivity index (χ3v) is 7.35. The van der Waals surface area contributed by atoms with E-state index in [0.717, 1.165) is 13.0 Å². The highest BCUT2D eigenvalue weighted by molar-refractivity contribution is 5.84. The van der Waals surface area contributed by atoms with Crippen LogP contribution in [-0.4, -0.2) is 13.6 Å². The molecule has 1 heteroatoms. The minimum absolute atomic E-state index is 0.382. The molecule has 0 spiro atoms. The first-order valence-electron chi connectivity index (χ1n) is 11.9. The summed E-state index contributed by atoms with van der Waals surface area (Å²) in [5, 5.41) is 5.28. The first-order chi connectivity index (χ1) is 16.2. The summed E-state index contributed by atoms with van der Waals surface area (Å²) in [5.41, 5.74) is 7.02. The Morgan fingerprint density at radius 3 is 2.12 bits per heavy atom. The van der Waals surface area contributed by atoms with Crippen LogP contribution in [0.3, 0.4) is 0 Å². The van der Waals surface area contributed by atoms with Gasteiger partial charge >= 0.3 is 0 Å². The molecule has 0 fully saturated rings. The van der Waals surface area contributed by atoms with Gasteiger partial charge in [0.2, 0.25) is 0 Å². The van der Waals surface area contributed by atoms with Gasteiger partial charge in [-0.05, 0) is 63.6 Å². The molecule has 0 bridgehead atoms. The predicted octanol–water partition coefficient (Wildman–Crippen LogP) is 7.74. The molecule has 1 nitrogen and oxygen atoms in total. The van der Waals surface area contributed by atoms with Crippen molar-refractivity contribution in [3.63, 3.8) is 0 Å². The molecule has 1 heterocycles. The lowest BCUT2D eigenvalue weighted by molar-refractivity contribution is 0.447. The zero-order chi connectivity index (χ0) is 22.4. The van der Waals surface area contributed by atoms with E-state index in [9.17, 15) is 0 Å². The molecule has 0 radical (unpaired) electrons. The second kappa shape index (κ2) is 8.08. The van der Waals surface area contributed by atoms with Crippen molar-refractivity contribution < 1.29 is 0 Å². The first kappa shape index (κ1) is 20.1. The van der Waals surface area contributed by atoms with E-state index in [-0.39, 0.29) is 0 Å². The van der Waals surface area contributed by atoms with Crippen LogP contribution in [0.4, 0.5) is 5.69 Å². The van der Waals surface area contributed by atoms with Gasteiger partial charge in [0, 0.05) is 25.2 Å². The number of aryl methyl sites for hydroxylation is 1. The third kappa shape index (κ3) is 3.68. The van der Waals surface area contributed by atoms with E-state index in [2.05, 4.69) is 122 Å². The van der Waals surface area contributed by atoms with Crippen LogP contribution in [0.25, 0.3) is 21.5 Å². The van der Waals surface area contributed by atoms with Crippen molar-refractivity contribution in [2.75, 3.05) is 18.5 Å². The highest BCUT2D eigenvalue weighted by atomic mass is 15.1. The van der Waals surface area contributed by atoms with E-state index in [0.29, 0.717) is 11.8 Å². The molecule has 5 aromatic carbocycles. The quantitative estimate of drug-likeness (QED) is 0.285. The largest absolute Gasteiger partial charge is 0.374 e. The van der Waals surface area contributed by atoms with Gasteiger partial charge < -0.3 is 4.90 Å². The number of fused-ring (bicyclic) bond motifs is 3. The summed E-state index contributed by atoms with van der Waals surface area (Å²) in [5.74, 6) is 0.888. The standard InChI is InChI=1S/C32H29N/c1-22-11-16-31-30(17-22)32(28-15-14-25-8-4-6-10-27(25)20-28)29(21-33(31)2)19-23-12-13-24-7-3-5-9-26(24)18-23/h3-18,20,29,32H,19,21H2,1-2H3. The van der Waals surface area contributed by atoms with Crippen LogP contribution in [0.2, 0.25) is 0 Å². The van der Waals surface area contributed by atoms with Gasteiger partial charge in [-0.2, -0.15) is 0 Å². The monoisotopic (exact) mass is 427 g/mol. The minimum atomic E-state index is 0.382. The van der Waals surface area contributed by atoms with Gasteiger partial charge in [0.25, 0.3) is 0 Å². The fraction of sp³-hybridized carbons (Fsp3) is 0.188. The Bertz CT molecular complexity index is 1460. The highest BCUT2D eigenvalue weighted by Crippen LogP contribution is 2.44. The maximum Gasteiger partial charge on any atom is 0.0402 e. The van der Waals surface area contributed by atoms with Crippen LogP contribution >= 0.6 is 0 Å².